The Labute approximate surface area is 62.8 Å². The largest absolute Gasteiger partial charge is 0.0585 e. The van der Waals surface area contributed by atoms with Crippen molar-refractivity contribution >= 4 is 13.5 Å². The molecule has 1 aliphatic heterocycles. The van der Waals surface area contributed by atoms with E-state index in [9.17, 15) is 0 Å². The molecule has 0 nitrogen and oxygen atoms in total. The van der Waals surface area contributed by atoms with Gasteiger partial charge in [-0.15, -0.1) is 0 Å². The third-order valence-corrected chi connectivity index (χ3v) is 2.92. The average Bonchev–Trinajstić information content (AvgIpc) is 2.40. The fraction of sp³-hybridized carbons (Fsp3) is 0.222. The summed E-state index contributed by atoms with van der Waals surface area (Å²) in [5.74, 6) is 3.29. The van der Waals surface area contributed by atoms with Crippen LogP contribution in [0.3, 0.4) is 0 Å². The van der Waals surface area contributed by atoms with Crippen LogP contribution >= 0.6 is 8.20 Å². The average molecular weight is 147 g/mol. The second-order valence-corrected chi connectivity index (χ2v) is 3.55. The van der Waals surface area contributed by atoms with E-state index in [1.807, 2.05) is 0 Å². The minimum atomic E-state index is 1.25. The molecule has 0 N–H and O–H groups in total. The van der Waals surface area contributed by atoms with Gasteiger partial charge in [0, 0.05) is 11.1 Å². The standard InChI is InChI=1S/C9H8P/c1-6-3-4-8-9(6)7(2)5-10-8/h3-4H,1-2H3. The Morgan fingerprint density at radius 2 is 2.10 bits per heavy atom. The summed E-state index contributed by atoms with van der Waals surface area (Å²) in [6, 6.07) is 0. The highest BCUT2D eigenvalue weighted by atomic mass is 31.1. The first-order chi connectivity index (χ1) is 4.79. The van der Waals surface area contributed by atoms with Gasteiger partial charge in [0.1, 0.15) is 0 Å². The lowest BCUT2D eigenvalue weighted by atomic mass is 10.1. The zero-order valence-corrected chi connectivity index (χ0v) is 7.00. The van der Waals surface area contributed by atoms with E-state index in [0.717, 1.165) is 0 Å². The van der Waals surface area contributed by atoms with E-state index in [-0.39, 0.29) is 0 Å². The molecule has 1 aliphatic carbocycles. The summed E-state index contributed by atoms with van der Waals surface area (Å²) in [4.78, 5) is 0. The molecule has 1 heterocycles. The van der Waals surface area contributed by atoms with Gasteiger partial charge >= 0.3 is 0 Å². The quantitative estimate of drug-likeness (QED) is 0.462. The van der Waals surface area contributed by atoms with Gasteiger partial charge in [-0.25, -0.2) is 0 Å². The first-order valence-corrected chi connectivity index (χ1v) is 4.25. The molecule has 2 rings (SSSR count). The summed E-state index contributed by atoms with van der Waals surface area (Å²) in [6.07, 6.45) is 4.37. The molecule has 0 bridgehead atoms. The van der Waals surface area contributed by atoms with E-state index < -0.39 is 0 Å². The molecule has 1 radical (unpaired) electrons. The van der Waals surface area contributed by atoms with Crippen molar-refractivity contribution in [2.75, 3.05) is 0 Å². The highest BCUT2D eigenvalue weighted by Crippen LogP contribution is 2.33. The molecular weight excluding hydrogens is 139 g/mol. The second-order valence-electron chi connectivity index (χ2n) is 2.63. The Morgan fingerprint density at radius 3 is 2.80 bits per heavy atom. The Kier molecular flexibility index (Phi) is 1.18. The van der Waals surface area contributed by atoms with Gasteiger partial charge < -0.3 is 0 Å². The Hall–Kier alpha value is -0.610. The van der Waals surface area contributed by atoms with Crippen molar-refractivity contribution in [3.63, 3.8) is 0 Å². The summed E-state index contributed by atoms with van der Waals surface area (Å²) in [6.45, 7) is 4.29. The number of fused-ring (bicyclic) bond motifs is 1. The lowest BCUT2D eigenvalue weighted by Crippen LogP contribution is -1.90. The van der Waals surface area contributed by atoms with Crippen molar-refractivity contribution in [3.8, 4) is 0 Å². The van der Waals surface area contributed by atoms with Gasteiger partial charge in [0.25, 0.3) is 0 Å². The monoisotopic (exact) mass is 147 g/mol. The highest BCUT2D eigenvalue weighted by Gasteiger charge is 2.16. The molecule has 2 aliphatic rings. The fourth-order valence-electron chi connectivity index (χ4n) is 1.35. The van der Waals surface area contributed by atoms with Crippen LogP contribution in [0.5, 0.6) is 0 Å². The molecule has 10 heavy (non-hydrogen) atoms. The Balaban J connectivity index is 2.59. The molecule has 0 atom stereocenters. The molecule has 0 aromatic rings. The zero-order valence-electron chi connectivity index (χ0n) is 6.10. The fourth-order valence-corrected chi connectivity index (χ4v) is 2.36. The molecule has 0 spiro atoms. The smallest absolute Gasteiger partial charge is 0.0181 e. The van der Waals surface area contributed by atoms with E-state index in [1.165, 1.54) is 30.2 Å². The predicted octanol–water partition coefficient (Wildman–Crippen LogP) is 2.71. The van der Waals surface area contributed by atoms with E-state index in [2.05, 4.69) is 31.8 Å². The topological polar surface area (TPSA) is 0 Å². The molecule has 0 aromatic heterocycles. The van der Waals surface area contributed by atoms with Crippen LogP contribution in [0.2, 0.25) is 0 Å². The maximum atomic E-state index is 3.29. The first kappa shape index (κ1) is 6.12. The summed E-state index contributed by atoms with van der Waals surface area (Å²) in [7, 11) is 1.25. The lowest BCUT2D eigenvalue weighted by molar-refractivity contribution is 1.41. The van der Waals surface area contributed by atoms with Gasteiger partial charge in [0.15, 0.2) is 0 Å². The summed E-state index contributed by atoms with van der Waals surface area (Å²) < 4.78 is 0. The predicted molar refractivity (Wildman–Crippen MR) is 46.2 cm³/mol. The van der Waals surface area contributed by atoms with Gasteiger partial charge in [-0.05, 0) is 36.6 Å². The van der Waals surface area contributed by atoms with Crippen molar-refractivity contribution in [1.82, 2.24) is 0 Å². The molecule has 0 unspecified atom stereocenters. The molecule has 0 aromatic carbocycles. The van der Waals surface area contributed by atoms with Crippen molar-refractivity contribution in [1.29, 1.82) is 0 Å². The van der Waals surface area contributed by atoms with Crippen LogP contribution in [-0.4, -0.2) is 5.29 Å². The zero-order chi connectivity index (χ0) is 7.14. The van der Waals surface area contributed by atoms with Crippen LogP contribution in [0.4, 0.5) is 0 Å². The van der Waals surface area contributed by atoms with Crippen LogP contribution in [-0.2, 0) is 0 Å². The number of hydrogen-bond acceptors (Lipinski definition) is 0. The van der Waals surface area contributed by atoms with Crippen molar-refractivity contribution < 1.29 is 0 Å². The van der Waals surface area contributed by atoms with Crippen molar-refractivity contribution in [3.05, 3.63) is 34.7 Å². The van der Waals surface area contributed by atoms with Gasteiger partial charge in [-0.2, -0.15) is 0 Å². The number of hydrogen-bond donors (Lipinski definition) is 0. The van der Waals surface area contributed by atoms with Crippen molar-refractivity contribution in [2.45, 2.75) is 13.8 Å². The summed E-state index contributed by atoms with van der Waals surface area (Å²) in [5.41, 5.74) is 4.14. The van der Waals surface area contributed by atoms with Crippen LogP contribution < -0.4 is 0 Å². The van der Waals surface area contributed by atoms with Crippen LogP contribution in [0.1, 0.15) is 13.8 Å². The van der Waals surface area contributed by atoms with E-state index in [1.54, 1.807) is 0 Å². The minimum Gasteiger partial charge on any atom is -0.0585 e. The molecule has 0 saturated heterocycles. The molecular formula is C9H8P. The SMILES string of the molecule is CC1=[C]P=C2C=CC(C)=C12. The van der Waals surface area contributed by atoms with Crippen LogP contribution in [0.25, 0.3) is 0 Å². The lowest BCUT2D eigenvalue weighted by Gasteiger charge is -1.98. The molecule has 49 valence electrons. The molecule has 0 fully saturated rings. The number of rotatable bonds is 0. The van der Waals surface area contributed by atoms with Gasteiger partial charge in [-0.1, -0.05) is 14.3 Å². The first-order valence-electron chi connectivity index (χ1n) is 3.36. The van der Waals surface area contributed by atoms with Crippen LogP contribution in [0, 0.1) is 5.82 Å². The molecule has 0 amide bonds. The van der Waals surface area contributed by atoms with E-state index in [0.29, 0.717) is 0 Å². The third-order valence-electron chi connectivity index (χ3n) is 1.86. The van der Waals surface area contributed by atoms with Gasteiger partial charge in [0.2, 0.25) is 0 Å². The van der Waals surface area contributed by atoms with E-state index >= 15 is 0 Å². The highest BCUT2D eigenvalue weighted by molar-refractivity contribution is 7.44. The molecule has 0 saturated carbocycles. The van der Waals surface area contributed by atoms with Gasteiger partial charge in [-0.3, -0.25) is 0 Å². The minimum absolute atomic E-state index is 1.25. The van der Waals surface area contributed by atoms with Crippen molar-refractivity contribution in [2.24, 2.45) is 0 Å². The summed E-state index contributed by atoms with van der Waals surface area (Å²) >= 11 is 0. The van der Waals surface area contributed by atoms with E-state index in [4.69, 9.17) is 0 Å². The molecule has 1 heteroatoms. The Bertz CT molecular complexity index is 301. The number of allylic oxidation sites excluding steroid dienone is 5. The second kappa shape index (κ2) is 1.93. The maximum Gasteiger partial charge on any atom is 0.0181 e. The normalized spacial score (nSPS) is 23.0. The summed E-state index contributed by atoms with van der Waals surface area (Å²) in [5, 5.41) is 1.43. The van der Waals surface area contributed by atoms with Crippen LogP contribution in [0.15, 0.2) is 28.9 Å². The Morgan fingerprint density at radius 1 is 1.30 bits per heavy atom. The third kappa shape index (κ3) is 0.660. The maximum absolute atomic E-state index is 3.29. The van der Waals surface area contributed by atoms with Gasteiger partial charge in [0.05, 0.1) is 0 Å².